The van der Waals surface area contributed by atoms with Crippen LogP contribution in [0.1, 0.15) is 10.4 Å². The summed E-state index contributed by atoms with van der Waals surface area (Å²) in [5, 5.41) is 9.41. The molecular formula is C13H18ClNO3. The van der Waals surface area contributed by atoms with Gasteiger partial charge >= 0.3 is 0 Å². The first-order valence-electron chi connectivity index (χ1n) is 5.79. The quantitative estimate of drug-likeness (QED) is 0.728. The number of Topliss-reactive ketones (excluding diaryl/α,β-unsaturated/α-hetero) is 1. The second kappa shape index (κ2) is 8.21. The van der Waals surface area contributed by atoms with Crippen molar-refractivity contribution in [3.05, 3.63) is 34.9 Å². The highest BCUT2D eigenvalue weighted by atomic mass is 35.5. The van der Waals surface area contributed by atoms with E-state index in [1.807, 2.05) is 4.90 Å². The molecule has 0 saturated carbocycles. The Hall–Kier alpha value is -0.940. The average molecular weight is 272 g/mol. The third-order valence-electron chi connectivity index (χ3n) is 2.57. The van der Waals surface area contributed by atoms with Crippen LogP contribution in [0.15, 0.2) is 24.3 Å². The number of carbonyl (C=O) groups excluding carboxylic acids is 1. The van der Waals surface area contributed by atoms with Gasteiger partial charge in [0.05, 0.1) is 24.8 Å². The van der Waals surface area contributed by atoms with Crippen LogP contribution < -0.4 is 0 Å². The SMILES string of the molecule is COCCN(CCO)CC(=O)c1ccccc1Cl. The van der Waals surface area contributed by atoms with E-state index in [9.17, 15) is 4.79 Å². The van der Waals surface area contributed by atoms with Gasteiger partial charge in [0, 0.05) is 25.8 Å². The van der Waals surface area contributed by atoms with Crippen molar-refractivity contribution >= 4 is 17.4 Å². The predicted molar refractivity (Wildman–Crippen MR) is 71.2 cm³/mol. The molecule has 0 unspecified atom stereocenters. The van der Waals surface area contributed by atoms with Gasteiger partial charge in [-0.1, -0.05) is 23.7 Å². The molecule has 0 bridgehead atoms. The van der Waals surface area contributed by atoms with Gasteiger partial charge in [0.25, 0.3) is 0 Å². The summed E-state index contributed by atoms with van der Waals surface area (Å²) in [4.78, 5) is 13.9. The normalized spacial score (nSPS) is 10.9. The topological polar surface area (TPSA) is 49.8 Å². The lowest BCUT2D eigenvalue weighted by molar-refractivity contribution is 0.0869. The molecule has 0 saturated heterocycles. The van der Waals surface area contributed by atoms with Crippen LogP contribution in [0.4, 0.5) is 0 Å². The van der Waals surface area contributed by atoms with E-state index >= 15 is 0 Å². The highest BCUT2D eigenvalue weighted by molar-refractivity contribution is 6.34. The number of methoxy groups -OCH3 is 1. The number of aliphatic hydroxyl groups excluding tert-OH is 1. The summed E-state index contributed by atoms with van der Waals surface area (Å²) in [6, 6.07) is 6.97. The molecule has 0 aliphatic carbocycles. The van der Waals surface area contributed by atoms with Gasteiger partial charge in [-0.05, 0) is 12.1 Å². The molecule has 0 heterocycles. The summed E-state index contributed by atoms with van der Waals surface area (Å²) in [6.07, 6.45) is 0. The van der Waals surface area contributed by atoms with Gasteiger partial charge in [0.15, 0.2) is 5.78 Å². The standard InChI is InChI=1S/C13H18ClNO3/c1-18-9-7-15(6-8-16)10-13(17)11-4-2-3-5-12(11)14/h2-5,16H,6-10H2,1H3. The smallest absolute Gasteiger partial charge is 0.178 e. The van der Waals surface area contributed by atoms with Crippen molar-refractivity contribution in [2.45, 2.75) is 0 Å². The molecule has 18 heavy (non-hydrogen) atoms. The van der Waals surface area contributed by atoms with Crippen LogP contribution in [0.25, 0.3) is 0 Å². The Kier molecular flexibility index (Phi) is 6.90. The number of ether oxygens (including phenoxy) is 1. The fraction of sp³-hybridized carbons (Fsp3) is 0.462. The third-order valence-corrected chi connectivity index (χ3v) is 2.90. The zero-order valence-electron chi connectivity index (χ0n) is 10.4. The van der Waals surface area contributed by atoms with Crippen LogP contribution in [-0.4, -0.2) is 55.7 Å². The number of halogens is 1. The monoisotopic (exact) mass is 271 g/mol. The minimum atomic E-state index is -0.0508. The lowest BCUT2D eigenvalue weighted by atomic mass is 10.1. The van der Waals surface area contributed by atoms with Crippen molar-refractivity contribution in [1.29, 1.82) is 0 Å². The maximum absolute atomic E-state index is 12.1. The summed E-state index contributed by atoms with van der Waals surface area (Å²) in [6.45, 7) is 1.82. The van der Waals surface area contributed by atoms with Gasteiger partial charge < -0.3 is 9.84 Å². The first-order chi connectivity index (χ1) is 8.69. The van der Waals surface area contributed by atoms with Crippen LogP contribution in [0.2, 0.25) is 5.02 Å². The van der Waals surface area contributed by atoms with E-state index < -0.39 is 0 Å². The van der Waals surface area contributed by atoms with E-state index in [1.54, 1.807) is 31.4 Å². The molecule has 0 amide bonds. The Morgan fingerprint density at radius 1 is 1.39 bits per heavy atom. The fourth-order valence-electron chi connectivity index (χ4n) is 1.61. The first kappa shape index (κ1) is 15.1. The fourth-order valence-corrected chi connectivity index (χ4v) is 1.85. The largest absolute Gasteiger partial charge is 0.395 e. The van der Waals surface area contributed by atoms with Gasteiger partial charge in [-0.15, -0.1) is 0 Å². The van der Waals surface area contributed by atoms with E-state index in [0.29, 0.717) is 30.3 Å². The van der Waals surface area contributed by atoms with Crippen molar-refractivity contribution in [2.75, 3.05) is 40.0 Å². The molecule has 0 radical (unpaired) electrons. The van der Waals surface area contributed by atoms with Crippen molar-refractivity contribution < 1.29 is 14.6 Å². The molecule has 0 fully saturated rings. The second-order valence-electron chi connectivity index (χ2n) is 3.90. The molecule has 5 heteroatoms. The first-order valence-corrected chi connectivity index (χ1v) is 6.16. The molecule has 1 N–H and O–H groups in total. The number of benzene rings is 1. The number of hydrogen-bond acceptors (Lipinski definition) is 4. The van der Waals surface area contributed by atoms with E-state index in [1.165, 1.54) is 0 Å². The maximum Gasteiger partial charge on any atom is 0.178 e. The van der Waals surface area contributed by atoms with Gasteiger partial charge in [0.2, 0.25) is 0 Å². The van der Waals surface area contributed by atoms with Crippen LogP contribution in [0.5, 0.6) is 0 Å². The molecule has 1 rings (SSSR count). The highest BCUT2D eigenvalue weighted by Gasteiger charge is 2.14. The molecule has 1 aromatic carbocycles. The minimum Gasteiger partial charge on any atom is -0.395 e. The summed E-state index contributed by atoms with van der Waals surface area (Å²) in [5.74, 6) is -0.0508. The van der Waals surface area contributed by atoms with Gasteiger partial charge in [-0.25, -0.2) is 0 Å². The summed E-state index contributed by atoms with van der Waals surface area (Å²) < 4.78 is 4.97. The van der Waals surface area contributed by atoms with Crippen LogP contribution in [-0.2, 0) is 4.74 Å². The maximum atomic E-state index is 12.1. The number of carbonyl (C=O) groups is 1. The van der Waals surface area contributed by atoms with Crippen LogP contribution in [0, 0.1) is 0 Å². The number of aliphatic hydroxyl groups is 1. The third kappa shape index (κ3) is 4.74. The lowest BCUT2D eigenvalue weighted by Crippen LogP contribution is -2.35. The molecule has 0 aliphatic rings. The molecule has 0 aromatic heterocycles. The molecule has 0 spiro atoms. The lowest BCUT2D eigenvalue weighted by Gasteiger charge is -2.20. The minimum absolute atomic E-state index is 0.0134. The molecular weight excluding hydrogens is 254 g/mol. The Morgan fingerprint density at radius 2 is 2.11 bits per heavy atom. The molecule has 1 aromatic rings. The average Bonchev–Trinajstić information content (AvgIpc) is 2.36. The van der Waals surface area contributed by atoms with Gasteiger partial charge in [0.1, 0.15) is 0 Å². The zero-order valence-corrected chi connectivity index (χ0v) is 11.2. The predicted octanol–water partition coefficient (Wildman–Crippen LogP) is 1.46. The number of ketones is 1. The Labute approximate surface area is 112 Å². The van der Waals surface area contributed by atoms with Crippen LogP contribution >= 0.6 is 11.6 Å². The second-order valence-corrected chi connectivity index (χ2v) is 4.30. The van der Waals surface area contributed by atoms with E-state index in [2.05, 4.69) is 0 Å². The summed E-state index contributed by atoms with van der Waals surface area (Å²) >= 11 is 5.97. The number of rotatable bonds is 8. The molecule has 4 nitrogen and oxygen atoms in total. The van der Waals surface area contributed by atoms with Crippen molar-refractivity contribution in [2.24, 2.45) is 0 Å². The Bertz CT molecular complexity index is 384. The van der Waals surface area contributed by atoms with E-state index in [-0.39, 0.29) is 18.9 Å². The van der Waals surface area contributed by atoms with E-state index in [4.69, 9.17) is 21.4 Å². The van der Waals surface area contributed by atoms with Crippen molar-refractivity contribution in [3.8, 4) is 0 Å². The Balaban J connectivity index is 2.63. The summed E-state index contributed by atoms with van der Waals surface area (Å²) in [7, 11) is 1.60. The van der Waals surface area contributed by atoms with Gasteiger partial charge in [-0.3, -0.25) is 9.69 Å². The van der Waals surface area contributed by atoms with Crippen LogP contribution in [0.3, 0.4) is 0 Å². The molecule has 100 valence electrons. The van der Waals surface area contributed by atoms with Crippen molar-refractivity contribution in [1.82, 2.24) is 4.90 Å². The summed E-state index contributed by atoms with van der Waals surface area (Å²) in [5.41, 5.74) is 0.513. The number of hydrogen-bond donors (Lipinski definition) is 1. The molecule has 0 aliphatic heterocycles. The highest BCUT2D eigenvalue weighted by Crippen LogP contribution is 2.15. The molecule has 0 atom stereocenters. The zero-order chi connectivity index (χ0) is 13.4. The Morgan fingerprint density at radius 3 is 2.72 bits per heavy atom. The van der Waals surface area contributed by atoms with E-state index in [0.717, 1.165) is 0 Å². The van der Waals surface area contributed by atoms with Gasteiger partial charge in [-0.2, -0.15) is 0 Å². The van der Waals surface area contributed by atoms with Crippen molar-refractivity contribution in [3.63, 3.8) is 0 Å². The number of nitrogens with zero attached hydrogens (tertiary/aromatic N) is 1.